The van der Waals surface area contributed by atoms with Gasteiger partial charge in [0.25, 0.3) is 0 Å². The lowest BCUT2D eigenvalue weighted by Gasteiger charge is -1.94. The van der Waals surface area contributed by atoms with E-state index < -0.39 is 0 Å². The maximum atomic E-state index is 13.1. The van der Waals surface area contributed by atoms with E-state index in [2.05, 4.69) is 20.4 Å². The van der Waals surface area contributed by atoms with Gasteiger partial charge in [-0.25, -0.2) is 4.39 Å². The van der Waals surface area contributed by atoms with Crippen LogP contribution >= 0.6 is 23.1 Å². The van der Waals surface area contributed by atoms with Crippen LogP contribution in [0.25, 0.3) is 11.5 Å². The van der Waals surface area contributed by atoms with Gasteiger partial charge in [0.05, 0.1) is 5.75 Å². The van der Waals surface area contributed by atoms with Crippen LogP contribution in [-0.2, 0) is 5.75 Å². The van der Waals surface area contributed by atoms with Gasteiger partial charge in [0, 0.05) is 5.56 Å². The molecule has 0 radical (unpaired) electrons. The van der Waals surface area contributed by atoms with E-state index in [1.165, 1.54) is 35.2 Å². The number of aromatic nitrogens is 4. The van der Waals surface area contributed by atoms with Gasteiger partial charge in [-0.15, -0.1) is 20.4 Å². The Balaban J connectivity index is 1.70. The molecule has 3 rings (SSSR count). The van der Waals surface area contributed by atoms with E-state index in [0.29, 0.717) is 22.3 Å². The zero-order chi connectivity index (χ0) is 13.9. The van der Waals surface area contributed by atoms with Gasteiger partial charge in [-0.3, -0.25) is 0 Å². The van der Waals surface area contributed by atoms with Crippen LogP contribution in [-0.4, -0.2) is 20.4 Å². The molecule has 0 bridgehead atoms. The molecule has 2 aromatic heterocycles. The largest absolute Gasteiger partial charge is 0.420 e. The van der Waals surface area contributed by atoms with Gasteiger partial charge < -0.3 is 10.2 Å². The maximum absolute atomic E-state index is 13.1. The second kappa shape index (κ2) is 5.55. The molecule has 3 aromatic rings. The third-order valence-corrected chi connectivity index (χ3v) is 4.15. The summed E-state index contributed by atoms with van der Waals surface area (Å²) in [6.07, 6.45) is 0. The minimum absolute atomic E-state index is 0.289. The zero-order valence-electron chi connectivity index (χ0n) is 9.99. The molecule has 0 aliphatic heterocycles. The summed E-state index contributed by atoms with van der Waals surface area (Å²) >= 11 is 2.69. The topological polar surface area (TPSA) is 90.7 Å². The van der Waals surface area contributed by atoms with Gasteiger partial charge in [0.1, 0.15) is 5.82 Å². The van der Waals surface area contributed by atoms with Crippen LogP contribution in [0, 0.1) is 5.82 Å². The number of nitrogens with two attached hydrogens (primary N) is 1. The Morgan fingerprint density at radius 3 is 2.90 bits per heavy atom. The fraction of sp³-hybridized carbons (Fsp3) is 0.0909. The van der Waals surface area contributed by atoms with Crippen molar-refractivity contribution >= 4 is 28.2 Å². The van der Waals surface area contributed by atoms with Crippen molar-refractivity contribution < 1.29 is 8.81 Å². The van der Waals surface area contributed by atoms with Crippen LogP contribution in [0.2, 0.25) is 0 Å². The molecule has 0 aliphatic rings. The number of benzene rings is 1. The standard InChI is InChI=1S/C11H8FN5OS2/c12-7-3-1-2-6(4-7)9-15-14-8(18-9)5-19-11-17-16-10(13)20-11/h1-4H,5H2,(H2,13,16). The molecule has 0 atom stereocenters. The molecule has 2 heterocycles. The van der Waals surface area contributed by atoms with E-state index in [-0.39, 0.29) is 11.7 Å². The Bertz CT molecular complexity index is 729. The number of halogens is 1. The summed E-state index contributed by atoms with van der Waals surface area (Å²) in [6, 6.07) is 6.00. The number of nitrogen functional groups attached to an aromatic ring is 1. The number of thioether (sulfide) groups is 1. The van der Waals surface area contributed by atoms with Gasteiger partial charge >= 0.3 is 0 Å². The molecular weight excluding hydrogens is 301 g/mol. The highest BCUT2D eigenvalue weighted by Crippen LogP contribution is 2.27. The predicted octanol–water partition coefficient (Wildman–Crippen LogP) is 2.60. The minimum atomic E-state index is -0.346. The lowest BCUT2D eigenvalue weighted by molar-refractivity contribution is 0.527. The number of hydrogen-bond donors (Lipinski definition) is 1. The fourth-order valence-electron chi connectivity index (χ4n) is 1.45. The average Bonchev–Trinajstić information content (AvgIpc) is 3.05. The van der Waals surface area contributed by atoms with Crippen molar-refractivity contribution in [1.82, 2.24) is 20.4 Å². The molecule has 2 N–H and O–H groups in total. The van der Waals surface area contributed by atoms with Crippen molar-refractivity contribution in [2.24, 2.45) is 0 Å². The van der Waals surface area contributed by atoms with E-state index in [9.17, 15) is 4.39 Å². The first kappa shape index (κ1) is 13.0. The molecule has 0 aliphatic carbocycles. The van der Waals surface area contributed by atoms with Gasteiger partial charge in [0.2, 0.25) is 16.9 Å². The summed E-state index contributed by atoms with van der Waals surface area (Å²) in [5.74, 6) is 0.831. The number of anilines is 1. The lowest BCUT2D eigenvalue weighted by Crippen LogP contribution is -1.80. The number of rotatable bonds is 4. The Hall–Kier alpha value is -2.00. The SMILES string of the molecule is Nc1nnc(SCc2nnc(-c3cccc(F)c3)o2)s1. The Morgan fingerprint density at radius 2 is 2.15 bits per heavy atom. The van der Waals surface area contributed by atoms with Crippen LogP contribution in [0.3, 0.4) is 0 Å². The highest BCUT2D eigenvalue weighted by atomic mass is 32.2. The second-order valence-corrected chi connectivity index (χ2v) is 5.94. The van der Waals surface area contributed by atoms with Gasteiger partial charge in [-0.2, -0.15) is 0 Å². The summed E-state index contributed by atoms with van der Waals surface area (Å²) in [5.41, 5.74) is 6.04. The highest BCUT2D eigenvalue weighted by Gasteiger charge is 2.11. The smallest absolute Gasteiger partial charge is 0.247 e. The first-order valence-electron chi connectivity index (χ1n) is 5.51. The molecule has 0 amide bonds. The monoisotopic (exact) mass is 309 g/mol. The van der Waals surface area contributed by atoms with Crippen molar-refractivity contribution in [3.05, 3.63) is 36.0 Å². The van der Waals surface area contributed by atoms with Gasteiger partial charge in [-0.05, 0) is 18.2 Å². The summed E-state index contributed by atoms with van der Waals surface area (Å²) < 4.78 is 19.3. The quantitative estimate of drug-likeness (QED) is 0.741. The first-order chi connectivity index (χ1) is 9.70. The van der Waals surface area contributed by atoms with E-state index in [0.717, 1.165) is 4.34 Å². The molecule has 0 saturated carbocycles. The van der Waals surface area contributed by atoms with Crippen molar-refractivity contribution in [3.63, 3.8) is 0 Å². The summed E-state index contributed by atoms with van der Waals surface area (Å²) in [4.78, 5) is 0. The molecule has 6 nitrogen and oxygen atoms in total. The minimum Gasteiger partial charge on any atom is -0.420 e. The first-order valence-corrected chi connectivity index (χ1v) is 7.31. The van der Waals surface area contributed by atoms with E-state index >= 15 is 0 Å². The molecular formula is C11H8FN5OS2. The predicted molar refractivity (Wildman–Crippen MR) is 73.6 cm³/mol. The Kier molecular flexibility index (Phi) is 3.61. The summed E-state index contributed by atoms with van der Waals surface area (Å²) in [7, 11) is 0. The van der Waals surface area contributed by atoms with Crippen LogP contribution in [0.15, 0.2) is 33.0 Å². The fourth-order valence-corrected chi connectivity index (χ4v) is 2.93. The molecule has 20 heavy (non-hydrogen) atoms. The zero-order valence-corrected chi connectivity index (χ0v) is 11.6. The molecule has 102 valence electrons. The molecule has 0 fully saturated rings. The maximum Gasteiger partial charge on any atom is 0.247 e. The van der Waals surface area contributed by atoms with Crippen molar-refractivity contribution in [1.29, 1.82) is 0 Å². The summed E-state index contributed by atoms with van der Waals surface area (Å²) in [6.45, 7) is 0. The van der Waals surface area contributed by atoms with Crippen molar-refractivity contribution in [2.75, 3.05) is 5.73 Å². The third-order valence-electron chi connectivity index (χ3n) is 2.28. The molecule has 1 aromatic carbocycles. The van der Waals surface area contributed by atoms with E-state index in [1.807, 2.05) is 0 Å². The van der Waals surface area contributed by atoms with Gasteiger partial charge in [-0.1, -0.05) is 29.2 Å². The van der Waals surface area contributed by atoms with Gasteiger partial charge in [0.15, 0.2) is 4.34 Å². The van der Waals surface area contributed by atoms with Crippen molar-refractivity contribution in [2.45, 2.75) is 10.1 Å². The normalized spacial score (nSPS) is 10.8. The van der Waals surface area contributed by atoms with Crippen LogP contribution < -0.4 is 5.73 Å². The Labute approximate surface area is 121 Å². The third kappa shape index (κ3) is 2.94. The van der Waals surface area contributed by atoms with Crippen LogP contribution in [0.5, 0.6) is 0 Å². The molecule has 0 saturated heterocycles. The van der Waals surface area contributed by atoms with E-state index in [4.69, 9.17) is 10.2 Å². The Morgan fingerprint density at radius 1 is 1.25 bits per heavy atom. The van der Waals surface area contributed by atoms with Crippen LogP contribution in [0.1, 0.15) is 5.89 Å². The summed E-state index contributed by atoms with van der Waals surface area (Å²) in [5, 5.41) is 15.8. The second-order valence-electron chi connectivity index (χ2n) is 3.71. The highest BCUT2D eigenvalue weighted by molar-refractivity contribution is 8.00. The number of nitrogens with zero attached hydrogens (tertiary/aromatic N) is 4. The van der Waals surface area contributed by atoms with Crippen LogP contribution in [0.4, 0.5) is 9.52 Å². The molecule has 9 heteroatoms. The molecule has 0 spiro atoms. The number of hydrogen-bond acceptors (Lipinski definition) is 8. The van der Waals surface area contributed by atoms with E-state index in [1.54, 1.807) is 12.1 Å². The molecule has 0 unspecified atom stereocenters. The average molecular weight is 309 g/mol. The lowest BCUT2D eigenvalue weighted by atomic mass is 10.2. The van der Waals surface area contributed by atoms with Crippen molar-refractivity contribution in [3.8, 4) is 11.5 Å².